The number of Topliss-reactive ketones (excluding diaryl/α,β-unsaturated/α-hetero) is 1. The molecule has 34 heavy (non-hydrogen) atoms. The Balaban J connectivity index is 1.27. The summed E-state index contributed by atoms with van der Waals surface area (Å²) in [6, 6.07) is 12.4. The van der Waals surface area contributed by atoms with Crippen LogP contribution < -0.4 is 9.04 Å². The largest absolute Gasteiger partial charge is 0.482 e. The number of ketones is 1. The Morgan fingerprint density at radius 2 is 1.76 bits per heavy atom. The first-order valence-electron chi connectivity index (χ1n) is 11.0. The summed E-state index contributed by atoms with van der Waals surface area (Å²) in [5, 5.41) is 0. The molecule has 0 N–H and O–H groups in total. The van der Waals surface area contributed by atoms with E-state index in [9.17, 15) is 18.0 Å². The van der Waals surface area contributed by atoms with Gasteiger partial charge in [0.2, 0.25) is 10.0 Å². The maximum Gasteiger partial charge on any atom is 0.344 e. The van der Waals surface area contributed by atoms with Crippen LogP contribution in [0.15, 0.2) is 42.5 Å². The number of thioether (sulfide) groups is 2. The van der Waals surface area contributed by atoms with Gasteiger partial charge in [-0.1, -0.05) is 12.1 Å². The van der Waals surface area contributed by atoms with Crippen molar-refractivity contribution in [2.24, 2.45) is 0 Å². The Hall–Kier alpha value is -2.17. The molecule has 0 saturated carbocycles. The first kappa shape index (κ1) is 24.9. The van der Waals surface area contributed by atoms with Crippen molar-refractivity contribution in [2.45, 2.75) is 30.4 Å². The van der Waals surface area contributed by atoms with Crippen molar-refractivity contribution in [3.05, 3.63) is 59.2 Å². The summed E-state index contributed by atoms with van der Waals surface area (Å²) in [4.78, 5) is 24.6. The molecule has 2 heterocycles. The number of rotatable bonds is 8. The molecule has 1 unspecified atom stereocenters. The number of ether oxygens (including phenoxy) is 2. The maximum absolute atomic E-state index is 12.5. The van der Waals surface area contributed by atoms with Crippen LogP contribution in [0.5, 0.6) is 5.75 Å². The number of carbonyl (C=O) groups excluding carboxylic acids is 2. The van der Waals surface area contributed by atoms with Gasteiger partial charge in [0.05, 0.1) is 16.5 Å². The molecule has 182 valence electrons. The number of carbonyl (C=O) groups is 2. The minimum atomic E-state index is -3.39. The van der Waals surface area contributed by atoms with Crippen LogP contribution in [0.25, 0.3) is 0 Å². The molecular formula is C24H27NO6S3. The van der Waals surface area contributed by atoms with E-state index in [1.54, 1.807) is 18.2 Å². The van der Waals surface area contributed by atoms with Gasteiger partial charge in [-0.15, -0.1) is 23.5 Å². The Labute approximate surface area is 208 Å². The van der Waals surface area contributed by atoms with Gasteiger partial charge >= 0.3 is 5.97 Å². The summed E-state index contributed by atoms with van der Waals surface area (Å²) < 4.78 is 36.5. The quantitative estimate of drug-likeness (QED) is 0.379. The third-order valence-corrected chi connectivity index (χ3v) is 9.90. The van der Waals surface area contributed by atoms with Crippen LogP contribution in [0.2, 0.25) is 0 Å². The highest BCUT2D eigenvalue weighted by molar-refractivity contribution is 8.16. The first-order valence-corrected chi connectivity index (χ1v) is 14.9. The molecule has 1 fully saturated rings. The SMILES string of the molecule is CC1Cc2cc(C(=O)COC(=O)COc3ccc(C4SCCCS4)cc3)ccc2N1S(C)(=O)=O. The van der Waals surface area contributed by atoms with Crippen molar-refractivity contribution in [1.82, 2.24) is 0 Å². The van der Waals surface area contributed by atoms with E-state index in [1.165, 1.54) is 34.1 Å². The highest BCUT2D eigenvalue weighted by atomic mass is 32.2. The average molecular weight is 522 g/mol. The molecule has 2 aliphatic heterocycles. The number of esters is 1. The zero-order valence-corrected chi connectivity index (χ0v) is 21.5. The number of hydrogen-bond acceptors (Lipinski definition) is 8. The molecule has 0 spiro atoms. The van der Waals surface area contributed by atoms with Crippen molar-refractivity contribution in [1.29, 1.82) is 0 Å². The minimum Gasteiger partial charge on any atom is -0.482 e. The molecule has 0 aliphatic carbocycles. The van der Waals surface area contributed by atoms with Crippen molar-refractivity contribution in [2.75, 3.05) is 35.3 Å². The van der Waals surface area contributed by atoms with Crippen LogP contribution in [-0.4, -0.2) is 57.2 Å². The van der Waals surface area contributed by atoms with Gasteiger partial charge < -0.3 is 9.47 Å². The van der Waals surface area contributed by atoms with E-state index in [1.807, 2.05) is 54.7 Å². The normalized spacial score (nSPS) is 18.4. The van der Waals surface area contributed by atoms with Gasteiger partial charge in [-0.3, -0.25) is 9.10 Å². The van der Waals surface area contributed by atoms with E-state index in [2.05, 4.69) is 0 Å². The van der Waals surface area contributed by atoms with Crippen molar-refractivity contribution < 1.29 is 27.5 Å². The lowest BCUT2D eigenvalue weighted by molar-refractivity contribution is -0.144. The number of anilines is 1. The fraction of sp³-hybridized carbons (Fsp3) is 0.417. The average Bonchev–Trinajstić information content (AvgIpc) is 3.17. The Kier molecular flexibility index (Phi) is 7.79. The molecular weight excluding hydrogens is 494 g/mol. The summed E-state index contributed by atoms with van der Waals surface area (Å²) in [6.45, 7) is 1.14. The molecule has 0 bridgehead atoms. The van der Waals surface area contributed by atoms with Gasteiger partial charge in [0, 0.05) is 11.6 Å². The van der Waals surface area contributed by atoms with Gasteiger partial charge in [-0.2, -0.15) is 0 Å². The first-order chi connectivity index (χ1) is 16.2. The zero-order valence-electron chi connectivity index (χ0n) is 19.1. The Bertz CT molecular complexity index is 1160. The zero-order chi connectivity index (χ0) is 24.3. The van der Waals surface area contributed by atoms with E-state index in [0.29, 0.717) is 28.0 Å². The highest BCUT2D eigenvalue weighted by Crippen LogP contribution is 2.43. The van der Waals surface area contributed by atoms with Gasteiger partial charge in [-0.05, 0) is 72.7 Å². The summed E-state index contributed by atoms with van der Waals surface area (Å²) in [6.07, 6.45) is 2.93. The Morgan fingerprint density at radius 3 is 2.44 bits per heavy atom. The molecule has 10 heteroatoms. The smallest absolute Gasteiger partial charge is 0.344 e. The van der Waals surface area contributed by atoms with E-state index in [-0.39, 0.29) is 18.4 Å². The van der Waals surface area contributed by atoms with Crippen LogP contribution >= 0.6 is 23.5 Å². The second kappa shape index (κ2) is 10.6. The van der Waals surface area contributed by atoms with Crippen molar-refractivity contribution >= 4 is 51.0 Å². The van der Waals surface area contributed by atoms with Crippen LogP contribution in [0.1, 0.15) is 39.4 Å². The lowest BCUT2D eigenvalue weighted by Crippen LogP contribution is -2.34. The molecule has 4 rings (SSSR count). The standard InChI is InChI=1S/C24H27NO6S3/c1-16-12-19-13-18(6-9-21(19)25(16)34(2,28)29)22(26)14-31-23(27)15-30-20-7-4-17(5-8-20)24-32-10-3-11-33-24/h4-9,13,16,24H,3,10-12,14-15H2,1-2H3. The minimum absolute atomic E-state index is 0.209. The number of hydrogen-bond donors (Lipinski definition) is 0. The second-order valence-electron chi connectivity index (χ2n) is 8.32. The molecule has 2 aromatic rings. The van der Waals surface area contributed by atoms with Gasteiger partial charge in [-0.25, -0.2) is 13.2 Å². The summed E-state index contributed by atoms with van der Waals surface area (Å²) in [5.41, 5.74) is 2.98. The highest BCUT2D eigenvalue weighted by Gasteiger charge is 2.32. The third kappa shape index (κ3) is 5.90. The molecule has 2 aromatic carbocycles. The predicted molar refractivity (Wildman–Crippen MR) is 136 cm³/mol. The van der Waals surface area contributed by atoms with Crippen LogP contribution in [0.4, 0.5) is 5.69 Å². The summed E-state index contributed by atoms with van der Waals surface area (Å²) in [5.74, 6) is 1.93. The molecule has 1 atom stereocenters. The number of nitrogens with zero attached hydrogens (tertiary/aromatic N) is 1. The Morgan fingerprint density at radius 1 is 1.06 bits per heavy atom. The molecule has 0 amide bonds. The van der Waals surface area contributed by atoms with Crippen LogP contribution in [-0.2, 0) is 26.0 Å². The molecule has 2 aliphatic rings. The number of fused-ring (bicyclic) bond motifs is 1. The van der Waals surface area contributed by atoms with Gasteiger partial charge in [0.25, 0.3) is 0 Å². The van der Waals surface area contributed by atoms with Crippen LogP contribution in [0, 0.1) is 0 Å². The predicted octanol–water partition coefficient (Wildman–Crippen LogP) is 4.07. The summed E-state index contributed by atoms with van der Waals surface area (Å²) >= 11 is 3.88. The van der Waals surface area contributed by atoms with Crippen LogP contribution in [0.3, 0.4) is 0 Å². The topological polar surface area (TPSA) is 90.0 Å². The molecule has 0 aromatic heterocycles. The molecule has 0 radical (unpaired) electrons. The van der Waals surface area contributed by atoms with Gasteiger partial charge in [0.1, 0.15) is 5.75 Å². The molecule has 7 nitrogen and oxygen atoms in total. The maximum atomic E-state index is 12.5. The second-order valence-corrected chi connectivity index (χ2v) is 12.9. The number of benzene rings is 2. The van der Waals surface area contributed by atoms with E-state index in [4.69, 9.17) is 9.47 Å². The molecule has 1 saturated heterocycles. The lowest BCUT2D eigenvalue weighted by Gasteiger charge is -2.21. The number of sulfonamides is 1. The monoisotopic (exact) mass is 521 g/mol. The summed E-state index contributed by atoms with van der Waals surface area (Å²) in [7, 11) is -3.39. The van der Waals surface area contributed by atoms with Gasteiger partial charge in [0.15, 0.2) is 19.0 Å². The van der Waals surface area contributed by atoms with E-state index >= 15 is 0 Å². The third-order valence-electron chi connectivity index (χ3n) is 5.61. The van der Waals surface area contributed by atoms with E-state index < -0.39 is 22.6 Å². The van der Waals surface area contributed by atoms with Crippen molar-refractivity contribution in [3.63, 3.8) is 0 Å². The fourth-order valence-electron chi connectivity index (χ4n) is 4.10. The fourth-order valence-corrected chi connectivity index (χ4v) is 8.25. The van der Waals surface area contributed by atoms with Crippen molar-refractivity contribution in [3.8, 4) is 5.75 Å². The lowest BCUT2D eigenvalue weighted by atomic mass is 10.0. The van der Waals surface area contributed by atoms with E-state index in [0.717, 1.165) is 5.56 Å².